The van der Waals surface area contributed by atoms with E-state index in [1.807, 2.05) is 23.9 Å². The first-order valence-electron chi connectivity index (χ1n) is 7.42. The van der Waals surface area contributed by atoms with Gasteiger partial charge in [-0.3, -0.25) is 4.68 Å². The summed E-state index contributed by atoms with van der Waals surface area (Å²) >= 11 is 0. The molecule has 0 saturated heterocycles. The van der Waals surface area contributed by atoms with Gasteiger partial charge in [-0.05, 0) is 36.3 Å². The van der Waals surface area contributed by atoms with Crippen LogP contribution in [0.15, 0.2) is 18.5 Å². The van der Waals surface area contributed by atoms with Gasteiger partial charge in [-0.1, -0.05) is 0 Å². The van der Waals surface area contributed by atoms with Crippen LogP contribution in [-0.2, 0) is 6.54 Å². The molecule has 2 heterocycles. The monoisotopic (exact) mass is 304 g/mol. The van der Waals surface area contributed by atoms with Crippen molar-refractivity contribution in [1.29, 1.82) is 0 Å². The predicted octanol–water partition coefficient (Wildman–Crippen LogP) is 0.607. The number of amides is 2. The highest BCUT2D eigenvalue weighted by molar-refractivity contribution is 5.74. The van der Waals surface area contributed by atoms with Crippen molar-refractivity contribution in [3.63, 3.8) is 0 Å². The van der Waals surface area contributed by atoms with Gasteiger partial charge in [-0.2, -0.15) is 5.10 Å². The molecule has 22 heavy (non-hydrogen) atoms. The maximum Gasteiger partial charge on any atom is 0.317 e. The summed E-state index contributed by atoms with van der Waals surface area (Å²) in [4.78, 5) is 13.8. The topological polar surface area (TPSA) is 93.8 Å². The van der Waals surface area contributed by atoms with Crippen LogP contribution in [0, 0.1) is 0 Å². The highest BCUT2D eigenvalue weighted by Gasteiger charge is 2.30. The second-order valence-corrected chi connectivity index (χ2v) is 5.57. The van der Waals surface area contributed by atoms with E-state index in [2.05, 4.69) is 25.9 Å². The molecule has 0 bridgehead atoms. The highest BCUT2D eigenvalue weighted by atomic mass is 16.2. The molecule has 1 fully saturated rings. The quantitative estimate of drug-likeness (QED) is 0.843. The normalized spacial score (nSPS) is 15.5. The lowest BCUT2D eigenvalue weighted by Gasteiger charge is -2.21. The van der Waals surface area contributed by atoms with Gasteiger partial charge in [0.1, 0.15) is 0 Å². The number of hydrogen-bond acceptors (Lipinski definition) is 5. The molecule has 2 aromatic heterocycles. The summed E-state index contributed by atoms with van der Waals surface area (Å²) in [6, 6.07) is 1.88. The van der Waals surface area contributed by atoms with E-state index in [9.17, 15) is 4.79 Å². The van der Waals surface area contributed by atoms with Crippen LogP contribution in [0.4, 0.5) is 4.79 Å². The van der Waals surface area contributed by atoms with Gasteiger partial charge in [-0.25, -0.2) is 9.48 Å². The summed E-state index contributed by atoms with van der Waals surface area (Å²) in [7, 11) is 1.76. The van der Waals surface area contributed by atoms with Crippen LogP contribution >= 0.6 is 0 Å². The third-order valence-corrected chi connectivity index (χ3v) is 3.71. The van der Waals surface area contributed by atoms with E-state index < -0.39 is 0 Å². The van der Waals surface area contributed by atoms with Crippen molar-refractivity contribution in [2.45, 2.75) is 38.4 Å². The molecule has 118 valence electrons. The van der Waals surface area contributed by atoms with E-state index in [1.165, 1.54) is 0 Å². The Balaban J connectivity index is 1.52. The molecule has 1 aliphatic carbocycles. The van der Waals surface area contributed by atoms with Gasteiger partial charge in [0.05, 0.1) is 18.6 Å². The lowest BCUT2D eigenvalue weighted by Crippen LogP contribution is -2.40. The Morgan fingerprint density at radius 2 is 2.36 bits per heavy atom. The van der Waals surface area contributed by atoms with E-state index in [0.717, 1.165) is 12.8 Å². The zero-order valence-corrected chi connectivity index (χ0v) is 12.8. The molecule has 2 aromatic rings. The summed E-state index contributed by atoms with van der Waals surface area (Å²) < 4.78 is 3.61. The standard InChI is InChI=1S/C13H20N8O/c1-10(12-16-17-18-21(12)11-4-5-11)15-13(22)19(2)8-9-20-7-3-6-14-20/h3,6-7,10-11H,4-5,8-9H2,1-2H3,(H,15,22)/t10-/m0/s1. The Morgan fingerprint density at radius 1 is 1.55 bits per heavy atom. The maximum absolute atomic E-state index is 12.2. The number of hydrogen-bond donors (Lipinski definition) is 1. The molecule has 0 aliphatic heterocycles. The van der Waals surface area contributed by atoms with Crippen molar-refractivity contribution >= 4 is 6.03 Å². The molecule has 1 atom stereocenters. The van der Waals surface area contributed by atoms with Gasteiger partial charge >= 0.3 is 6.03 Å². The van der Waals surface area contributed by atoms with E-state index in [1.54, 1.807) is 22.8 Å². The average molecular weight is 304 g/mol. The molecule has 1 N–H and O–H groups in total. The number of carbonyl (C=O) groups excluding carboxylic acids is 1. The lowest BCUT2D eigenvalue weighted by atomic mass is 10.3. The van der Waals surface area contributed by atoms with Crippen LogP contribution in [0.3, 0.4) is 0 Å². The van der Waals surface area contributed by atoms with Gasteiger partial charge in [0.15, 0.2) is 5.82 Å². The second-order valence-electron chi connectivity index (χ2n) is 5.57. The van der Waals surface area contributed by atoms with Gasteiger partial charge in [0.25, 0.3) is 0 Å². The largest absolute Gasteiger partial charge is 0.328 e. The van der Waals surface area contributed by atoms with Crippen LogP contribution in [0.25, 0.3) is 0 Å². The fourth-order valence-corrected chi connectivity index (χ4v) is 2.21. The average Bonchev–Trinajstić information content (AvgIpc) is 3.03. The summed E-state index contributed by atoms with van der Waals surface area (Å²) in [5.41, 5.74) is 0. The molecule has 9 heteroatoms. The number of nitrogens with zero attached hydrogens (tertiary/aromatic N) is 7. The summed E-state index contributed by atoms with van der Waals surface area (Å²) in [5, 5.41) is 18.8. The Kier molecular flexibility index (Phi) is 4.03. The molecule has 0 aromatic carbocycles. The number of likely N-dealkylation sites (N-methyl/N-ethyl adjacent to an activating group) is 1. The number of carbonyl (C=O) groups is 1. The van der Waals surface area contributed by atoms with Gasteiger partial charge in [-0.15, -0.1) is 5.10 Å². The van der Waals surface area contributed by atoms with Crippen LogP contribution in [0.2, 0.25) is 0 Å². The molecular formula is C13H20N8O. The second kappa shape index (κ2) is 6.12. The van der Waals surface area contributed by atoms with Gasteiger partial charge in [0.2, 0.25) is 0 Å². The number of rotatable bonds is 6. The number of nitrogens with one attached hydrogen (secondary N) is 1. The van der Waals surface area contributed by atoms with Crippen molar-refractivity contribution in [2.75, 3.05) is 13.6 Å². The number of aromatic nitrogens is 6. The SMILES string of the molecule is C[C@H](NC(=O)N(C)CCn1cccn1)c1nnnn1C1CC1. The van der Waals surface area contributed by atoms with E-state index in [-0.39, 0.29) is 12.1 Å². The summed E-state index contributed by atoms with van der Waals surface area (Å²) in [6.45, 7) is 3.13. The summed E-state index contributed by atoms with van der Waals surface area (Å²) in [6.07, 6.45) is 5.79. The zero-order valence-electron chi connectivity index (χ0n) is 12.8. The van der Waals surface area contributed by atoms with Crippen LogP contribution in [-0.4, -0.2) is 54.5 Å². The molecule has 0 spiro atoms. The van der Waals surface area contributed by atoms with Crippen molar-refractivity contribution in [3.8, 4) is 0 Å². The van der Waals surface area contributed by atoms with Crippen LogP contribution < -0.4 is 5.32 Å². The number of tetrazole rings is 1. The van der Waals surface area contributed by atoms with Crippen molar-refractivity contribution in [3.05, 3.63) is 24.3 Å². The molecule has 2 amide bonds. The molecule has 3 rings (SSSR count). The Labute approximate surface area is 128 Å². The van der Waals surface area contributed by atoms with Crippen LogP contribution in [0.5, 0.6) is 0 Å². The highest BCUT2D eigenvalue weighted by Crippen LogP contribution is 2.35. The Hall–Kier alpha value is -2.45. The van der Waals surface area contributed by atoms with Crippen molar-refractivity contribution in [1.82, 2.24) is 40.2 Å². The van der Waals surface area contributed by atoms with Gasteiger partial charge < -0.3 is 10.2 Å². The minimum Gasteiger partial charge on any atom is -0.328 e. The molecule has 1 aliphatic rings. The Bertz CT molecular complexity index is 618. The first kappa shape index (κ1) is 14.5. The molecule has 0 radical (unpaired) electrons. The van der Waals surface area contributed by atoms with E-state index in [4.69, 9.17) is 0 Å². The minimum atomic E-state index is -0.227. The number of urea groups is 1. The van der Waals surface area contributed by atoms with Crippen molar-refractivity contribution in [2.24, 2.45) is 0 Å². The fraction of sp³-hybridized carbons (Fsp3) is 0.615. The third-order valence-electron chi connectivity index (χ3n) is 3.71. The summed E-state index contributed by atoms with van der Waals surface area (Å²) in [5.74, 6) is 0.705. The maximum atomic E-state index is 12.2. The minimum absolute atomic E-state index is 0.148. The zero-order chi connectivity index (χ0) is 15.5. The molecule has 0 unspecified atom stereocenters. The van der Waals surface area contributed by atoms with E-state index in [0.29, 0.717) is 25.0 Å². The first-order chi connectivity index (χ1) is 10.6. The molecule has 9 nitrogen and oxygen atoms in total. The van der Waals surface area contributed by atoms with E-state index >= 15 is 0 Å². The molecule has 1 saturated carbocycles. The predicted molar refractivity (Wildman–Crippen MR) is 77.9 cm³/mol. The molecular weight excluding hydrogens is 284 g/mol. The first-order valence-corrected chi connectivity index (χ1v) is 7.42. The fourth-order valence-electron chi connectivity index (χ4n) is 2.21. The Morgan fingerprint density at radius 3 is 3.05 bits per heavy atom. The van der Waals surface area contributed by atoms with Gasteiger partial charge in [0, 0.05) is 26.0 Å². The van der Waals surface area contributed by atoms with Crippen molar-refractivity contribution < 1.29 is 4.79 Å². The third kappa shape index (κ3) is 3.23. The lowest BCUT2D eigenvalue weighted by molar-refractivity contribution is 0.202. The smallest absolute Gasteiger partial charge is 0.317 e. The van der Waals surface area contributed by atoms with Crippen LogP contribution in [0.1, 0.15) is 37.7 Å².